The number of thiophene rings is 3. The summed E-state index contributed by atoms with van der Waals surface area (Å²) in [6, 6.07) is 69.9. The SMILES string of the molecule is [C-]#[N+]c1c(-c2ccccc2)c(C#N)c(-n2c3ccccc3c3ccc4c5cc(C)ccc5sc4c32)c(-c2ccccc2)c1-n1c2c(ccc3c4ccccc4sc32)c2ccc3c4ccccc4sc3c21. The number of nitriles is 1. The number of aryl methyl sites for hydroxylation is 1. The van der Waals surface area contributed by atoms with Crippen LogP contribution in [0.3, 0.4) is 0 Å². The van der Waals surface area contributed by atoms with E-state index in [2.05, 4.69) is 191 Å². The second-order valence-corrected chi connectivity index (χ2v) is 21.3. The van der Waals surface area contributed by atoms with Gasteiger partial charge in [-0.05, 0) is 48.4 Å². The highest BCUT2D eigenvalue weighted by molar-refractivity contribution is 7.27. The minimum absolute atomic E-state index is 0.434. The lowest BCUT2D eigenvalue weighted by Gasteiger charge is -2.26. The lowest BCUT2D eigenvalue weighted by Crippen LogP contribution is -2.09. The van der Waals surface area contributed by atoms with Crippen molar-refractivity contribution in [2.75, 3.05) is 0 Å². The normalized spacial score (nSPS) is 12.0. The van der Waals surface area contributed by atoms with Gasteiger partial charge in [0, 0.05) is 79.1 Å². The number of hydrogen-bond acceptors (Lipinski definition) is 4. The first kappa shape index (κ1) is 39.4. The molecule has 4 nitrogen and oxygen atoms in total. The molecule has 0 spiro atoms. The molecule has 0 unspecified atom stereocenters. The molecular weight excluding hydrogens is 909 g/mol. The standard InChI is InChI=1S/C63H34N4S3/c1-35-25-32-52-47(33-35)46-31-26-41-38-19-9-12-22-49(38)66(57(41)63(46)70-52)56-48(34-64)53(36-15-5-3-6-16-36)55(65-2)60(54(56)37-17-7-4-8-18-37)67-58-42(27-29-44-39-20-10-13-23-50(39)68-61(44)58)43-28-30-45-40-21-11-14-24-51(40)69-62(45)59(43)67/h3-33H,1H3. The Hall–Kier alpha value is -8.56. The molecule has 7 heteroatoms. The van der Waals surface area contributed by atoms with Crippen LogP contribution in [0.1, 0.15) is 11.1 Å². The van der Waals surface area contributed by atoms with Gasteiger partial charge in [-0.25, -0.2) is 4.85 Å². The van der Waals surface area contributed by atoms with Gasteiger partial charge in [0.2, 0.25) is 5.69 Å². The van der Waals surface area contributed by atoms with Gasteiger partial charge in [-0.1, -0.05) is 163 Å². The summed E-state index contributed by atoms with van der Waals surface area (Å²) < 4.78 is 12.0. The molecule has 70 heavy (non-hydrogen) atoms. The number of fused-ring (bicyclic) bond motifs is 18. The van der Waals surface area contributed by atoms with Crippen LogP contribution in [0.5, 0.6) is 0 Å². The maximum atomic E-state index is 12.1. The third-order valence-electron chi connectivity index (χ3n) is 14.4. The number of hydrogen-bond donors (Lipinski definition) is 0. The van der Waals surface area contributed by atoms with E-state index < -0.39 is 0 Å². The molecule has 324 valence electrons. The minimum atomic E-state index is 0.434. The highest BCUT2D eigenvalue weighted by Gasteiger charge is 2.33. The predicted octanol–water partition coefficient (Wildman–Crippen LogP) is 19.0. The maximum Gasteiger partial charge on any atom is 0.220 e. The van der Waals surface area contributed by atoms with Crippen molar-refractivity contribution in [3.63, 3.8) is 0 Å². The van der Waals surface area contributed by atoms with Crippen LogP contribution in [0, 0.1) is 24.8 Å². The van der Waals surface area contributed by atoms with Gasteiger partial charge in [-0.3, -0.25) is 0 Å². The van der Waals surface area contributed by atoms with Gasteiger partial charge in [-0.15, -0.1) is 34.0 Å². The molecule has 0 saturated heterocycles. The molecule has 5 aromatic heterocycles. The Labute approximate surface area is 412 Å². The van der Waals surface area contributed by atoms with E-state index in [0.29, 0.717) is 16.8 Å². The van der Waals surface area contributed by atoms with Crippen LogP contribution in [0.2, 0.25) is 0 Å². The van der Waals surface area contributed by atoms with Gasteiger partial charge in [0.1, 0.15) is 6.07 Å². The largest absolute Gasteiger partial charge is 0.316 e. The Bertz CT molecular complexity index is 4730. The summed E-state index contributed by atoms with van der Waals surface area (Å²) in [5.41, 5.74) is 10.9. The van der Waals surface area contributed by atoms with Gasteiger partial charge in [-0.2, -0.15) is 5.26 Å². The van der Waals surface area contributed by atoms with Crippen LogP contribution in [0.15, 0.2) is 188 Å². The Morgan fingerprint density at radius 2 is 0.886 bits per heavy atom. The molecule has 0 aliphatic heterocycles. The highest BCUT2D eigenvalue weighted by atomic mass is 32.1. The van der Waals surface area contributed by atoms with E-state index in [0.717, 1.165) is 85.8 Å². The summed E-state index contributed by atoms with van der Waals surface area (Å²) >= 11 is 5.42. The second-order valence-electron chi connectivity index (χ2n) is 18.1. The molecule has 0 radical (unpaired) electrons. The molecule has 0 N–H and O–H groups in total. The minimum Gasteiger partial charge on any atom is -0.316 e. The Morgan fingerprint density at radius 1 is 0.429 bits per heavy atom. The van der Waals surface area contributed by atoms with Crippen molar-refractivity contribution in [1.82, 2.24) is 9.13 Å². The molecule has 10 aromatic carbocycles. The van der Waals surface area contributed by atoms with E-state index in [1.807, 2.05) is 46.9 Å². The van der Waals surface area contributed by atoms with E-state index in [9.17, 15) is 11.8 Å². The van der Waals surface area contributed by atoms with Crippen LogP contribution in [0.4, 0.5) is 5.69 Å². The third-order valence-corrected chi connectivity index (χ3v) is 18.0. The first-order chi connectivity index (χ1) is 34.6. The van der Waals surface area contributed by atoms with Crippen molar-refractivity contribution in [3.05, 3.63) is 211 Å². The average molecular weight is 943 g/mol. The summed E-state index contributed by atoms with van der Waals surface area (Å²) in [7, 11) is 0. The lowest BCUT2D eigenvalue weighted by atomic mass is 9.88. The van der Waals surface area contributed by atoms with Crippen molar-refractivity contribution in [1.29, 1.82) is 5.26 Å². The van der Waals surface area contributed by atoms with Gasteiger partial charge >= 0.3 is 0 Å². The van der Waals surface area contributed by atoms with Crippen LogP contribution in [-0.4, -0.2) is 9.13 Å². The maximum absolute atomic E-state index is 12.1. The molecule has 0 fully saturated rings. The first-order valence-electron chi connectivity index (χ1n) is 23.3. The van der Waals surface area contributed by atoms with Crippen LogP contribution in [0.25, 0.3) is 143 Å². The zero-order valence-corrected chi connectivity index (χ0v) is 39.9. The van der Waals surface area contributed by atoms with Crippen molar-refractivity contribution in [2.24, 2.45) is 0 Å². The van der Waals surface area contributed by atoms with Gasteiger partial charge in [0.15, 0.2) is 0 Å². The van der Waals surface area contributed by atoms with Crippen molar-refractivity contribution in [2.45, 2.75) is 6.92 Å². The summed E-state index contributed by atoms with van der Waals surface area (Å²) in [6.07, 6.45) is 0. The summed E-state index contributed by atoms with van der Waals surface area (Å²) in [4.78, 5) is 4.67. The third kappa shape index (κ3) is 5.26. The average Bonchev–Trinajstić information content (AvgIpc) is 4.23. The zero-order chi connectivity index (χ0) is 46.4. The van der Waals surface area contributed by atoms with E-state index in [-0.39, 0.29) is 0 Å². The topological polar surface area (TPSA) is 38.0 Å². The van der Waals surface area contributed by atoms with E-state index in [4.69, 9.17) is 0 Å². The molecule has 0 saturated carbocycles. The van der Waals surface area contributed by atoms with Crippen LogP contribution >= 0.6 is 34.0 Å². The van der Waals surface area contributed by atoms with Crippen LogP contribution in [-0.2, 0) is 0 Å². The number of nitrogens with zero attached hydrogens (tertiary/aromatic N) is 4. The molecule has 0 aliphatic carbocycles. The molecule has 0 atom stereocenters. The lowest BCUT2D eigenvalue weighted by molar-refractivity contribution is 1.14. The van der Waals surface area contributed by atoms with Gasteiger partial charge in [0.25, 0.3) is 0 Å². The molecule has 15 aromatic rings. The van der Waals surface area contributed by atoms with E-state index in [1.165, 1.54) is 52.0 Å². The van der Waals surface area contributed by atoms with Crippen LogP contribution < -0.4 is 0 Å². The van der Waals surface area contributed by atoms with Gasteiger partial charge < -0.3 is 9.13 Å². The zero-order valence-electron chi connectivity index (χ0n) is 37.4. The van der Waals surface area contributed by atoms with E-state index >= 15 is 0 Å². The molecule has 15 rings (SSSR count). The summed E-state index contributed by atoms with van der Waals surface area (Å²) in [5.74, 6) is 0. The monoisotopic (exact) mass is 942 g/mol. The molecule has 0 amide bonds. The second kappa shape index (κ2) is 14.7. The van der Waals surface area contributed by atoms with Crippen molar-refractivity contribution in [3.8, 4) is 39.7 Å². The fraction of sp³-hybridized carbons (Fsp3) is 0.0159. The fourth-order valence-corrected chi connectivity index (χ4v) is 15.2. The fourth-order valence-electron chi connectivity index (χ4n) is 11.5. The Morgan fingerprint density at radius 3 is 1.46 bits per heavy atom. The molecule has 5 heterocycles. The smallest absolute Gasteiger partial charge is 0.220 e. The quantitative estimate of drug-likeness (QED) is 0.162. The highest BCUT2D eigenvalue weighted by Crippen LogP contribution is 2.55. The van der Waals surface area contributed by atoms with Crippen molar-refractivity contribution >= 4 is 144 Å². The predicted molar refractivity (Wildman–Crippen MR) is 300 cm³/mol. The van der Waals surface area contributed by atoms with E-state index in [1.54, 1.807) is 11.3 Å². The molecule has 0 bridgehead atoms. The first-order valence-corrected chi connectivity index (χ1v) is 25.7. The number of aromatic nitrogens is 2. The number of benzene rings is 10. The summed E-state index contributed by atoms with van der Waals surface area (Å²) in [5, 5.41) is 23.7. The Balaban J connectivity index is 1.26. The number of rotatable bonds is 4. The molecule has 0 aliphatic rings. The number of para-hydroxylation sites is 1. The van der Waals surface area contributed by atoms with Gasteiger partial charge in [0.05, 0.1) is 59.7 Å². The Kier molecular flexibility index (Phi) is 8.29. The summed E-state index contributed by atoms with van der Waals surface area (Å²) in [6.45, 7) is 11.7. The van der Waals surface area contributed by atoms with Crippen molar-refractivity contribution < 1.29 is 0 Å². The molecular formula is C63H34N4S3.